The number of benzene rings is 3. The normalized spacial score (nSPS) is 11.8. The molecule has 172 valence electrons. The van der Waals surface area contributed by atoms with E-state index in [0.717, 1.165) is 5.56 Å². The Morgan fingerprint density at radius 3 is 2.39 bits per heavy atom. The number of halogens is 1. The fraction of sp³-hybridized carbons (Fsp3) is 0.130. The number of carbonyl (C=O) groups excluding carboxylic acids is 2. The smallest absolute Gasteiger partial charge is 0.279 e. The molecule has 0 aliphatic carbocycles. The third kappa shape index (κ3) is 6.30. The molecule has 0 fully saturated rings. The van der Waals surface area contributed by atoms with Crippen molar-refractivity contribution >= 4 is 27.5 Å². The van der Waals surface area contributed by atoms with Crippen molar-refractivity contribution in [2.75, 3.05) is 4.72 Å². The standard InChI is InChI=1S/C23H22FN3O5S/c1-15-7-5-9-18(13-15)27-33(30,31)19-10-6-8-17(14-19)23(29)26-25-22(28)16(2)32-21-12-4-3-11-20(21)24/h3-14,16,27H,1-2H3,(H,25,28)(H,26,29). The summed E-state index contributed by atoms with van der Waals surface area (Å²) in [6.07, 6.45) is -1.10. The Labute approximate surface area is 190 Å². The quantitative estimate of drug-likeness (QED) is 0.458. The van der Waals surface area contributed by atoms with E-state index in [0.29, 0.717) is 5.69 Å². The number of anilines is 1. The van der Waals surface area contributed by atoms with Gasteiger partial charge in [-0.25, -0.2) is 12.8 Å². The van der Waals surface area contributed by atoms with E-state index in [-0.39, 0.29) is 16.2 Å². The average Bonchev–Trinajstić information content (AvgIpc) is 2.78. The van der Waals surface area contributed by atoms with Crippen LogP contribution in [0.1, 0.15) is 22.8 Å². The van der Waals surface area contributed by atoms with E-state index in [1.807, 2.05) is 13.0 Å². The van der Waals surface area contributed by atoms with Crippen molar-refractivity contribution in [3.63, 3.8) is 0 Å². The Morgan fingerprint density at radius 2 is 1.67 bits per heavy atom. The lowest BCUT2D eigenvalue weighted by atomic mass is 10.2. The molecule has 0 aliphatic heterocycles. The number of amides is 2. The molecule has 2 amide bonds. The van der Waals surface area contributed by atoms with Gasteiger partial charge in [0.05, 0.1) is 4.90 Å². The summed E-state index contributed by atoms with van der Waals surface area (Å²) in [5.74, 6) is -2.20. The van der Waals surface area contributed by atoms with Gasteiger partial charge in [-0.1, -0.05) is 30.3 Å². The first kappa shape index (κ1) is 23.7. The fourth-order valence-electron chi connectivity index (χ4n) is 2.80. The first-order chi connectivity index (χ1) is 15.7. The number of rotatable bonds is 7. The van der Waals surface area contributed by atoms with Gasteiger partial charge in [-0.05, 0) is 61.9 Å². The zero-order valence-electron chi connectivity index (χ0n) is 17.8. The number of carbonyl (C=O) groups is 2. The van der Waals surface area contributed by atoms with Gasteiger partial charge in [0.2, 0.25) is 0 Å². The van der Waals surface area contributed by atoms with E-state index < -0.39 is 33.8 Å². The minimum absolute atomic E-state index is 0.00472. The molecule has 3 rings (SSSR count). The van der Waals surface area contributed by atoms with Crippen LogP contribution in [0.25, 0.3) is 0 Å². The second-order valence-corrected chi connectivity index (χ2v) is 8.82. The van der Waals surface area contributed by atoms with Gasteiger partial charge in [0.15, 0.2) is 17.7 Å². The van der Waals surface area contributed by atoms with Crippen molar-refractivity contribution in [1.29, 1.82) is 0 Å². The van der Waals surface area contributed by atoms with Crippen LogP contribution >= 0.6 is 0 Å². The van der Waals surface area contributed by atoms with Gasteiger partial charge in [-0.3, -0.25) is 25.2 Å². The summed E-state index contributed by atoms with van der Waals surface area (Å²) < 4.78 is 46.7. The molecule has 3 N–H and O–H groups in total. The molecular formula is C23H22FN3O5S. The second-order valence-electron chi connectivity index (χ2n) is 7.14. The van der Waals surface area contributed by atoms with Crippen LogP contribution in [0, 0.1) is 12.7 Å². The van der Waals surface area contributed by atoms with Crippen LogP contribution < -0.4 is 20.3 Å². The summed E-state index contributed by atoms with van der Waals surface area (Å²) in [6, 6.07) is 17.8. The van der Waals surface area contributed by atoms with Crippen LogP contribution in [-0.2, 0) is 14.8 Å². The summed E-state index contributed by atoms with van der Waals surface area (Å²) >= 11 is 0. The number of hydrogen-bond donors (Lipinski definition) is 3. The number of ether oxygens (including phenoxy) is 1. The Balaban J connectivity index is 1.63. The summed E-state index contributed by atoms with van der Waals surface area (Å²) in [7, 11) is -3.94. The zero-order valence-corrected chi connectivity index (χ0v) is 18.6. The van der Waals surface area contributed by atoms with Gasteiger partial charge in [-0.15, -0.1) is 0 Å². The zero-order chi connectivity index (χ0) is 24.0. The molecule has 0 spiro atoms. The van der Waals surface area contributed by atoms with Gasteiger partial charge in [0.1, 0.15) is 0 Å². The lowest BCUT2D eigenvalue weighted by molar-refractivity contribution is -0.128. The molecule has 33 heavy (non-hydrogen) atoms. The number of hydrazine groups is 1. The van der Waals surface area contributed by atoms with Crippen molar-refractivity contribution in [3.8, 4) is 5.75 Å². The van der Waals surface area contributed by atoms with Crippen molar-refractivity contribution in [2.45, 2.75) is 24.8 Å². The summed E-state index contributed by atoms with van der Waals surface area (Å²) in [5, 5.41) is 0. The maximum Gasteiger partial charge on any atom is 0.279 e. The summed E-state index contributed by atoms with van der Waals surface area (Å²) in [4.78, 5) is 24.5. The molecule has 0 saturated carbocycles. The maximum absolute atomic E-state index is 13.7. The molecule has 0 aromatic heterocycles. The van der Waals surface area contributed by atoms with E-state index in [4.69, 9.17) is 4.74 Å². The van der Waals surface area contributed by atoms with E-state index in [9.17, 15) is 22.4 Å². The minimum Gasteiger partial charge on any atom is -0.478 e. The molecule has 8 nitrogen and oxygen atoms in total. The second kappa shape index (κ2) is 10.1. The molecule has 0 aliphatic rings. The topological polar surface area (TPSA) is 114 Å². The van der Waals surface area contributed by atoms with Gasteiger partial charge >= 0.3 is 0 Å². The summed E-state index contributed by atoms with van der Waals surface area (Å²) in [6.45, 7) is 3.22. The Kier molecular flexibility index (Phi) is 7.29. The van der Waals surface area contributed by atoms with Crippen molar-refractivity contribution in [2.24, 2.45) is 0 Å². The predicted molar refractivity (Wildman–Crippen MR) is 121 cm³/mol. The molecule has 0 radical (unpaired) electrons. The Hall–Kier alpha value is -3.92. The number of hydrogen-bond acceptors (Lipinski definition) is 5. The molecule has 0 bridgehead atoms. The number of aryl methyl sites for hydroxylation is 1. The first-order valence-corrected chi connectivity index (χ1v) is 11.3. The number of nitrogens with one attached hydrogen (secondary N) is 3. The highest BCUT2D eigenvalue weighted by Crippen LogP contribution is 2.19. The van der Waals surface area contributed by atoms with Crippen LogP contribution in [0.2, 0.25) is 0 Å². The molecule has 0 saturated heterocycles. The highest BCUT2D eigenvalue weighted by Gasteiger charge is 2.19. The molecule has 3 aromatic rings. The van der Waals surface area contributed by atoms with Gasteiger partial charge < -0.3 is 4.74 Å². The fourth-order valence-corrected chi connectivity index (χ4v) is 3.90. The van der Waals surface area contributed by atoms with Gasteiger partial charge in [-0.2, -0.15) is 0 Å². The van der Waals surface area contributed by atoms with Crippen LogP contribution in [-0.4, -0.2) is 26.3 Å². The van der Waals surface area contributed by atoms with Crippen LogP contribution in [0.5, 0.6) is 5.75 Å². The Morgan fingerprint density at radius 1 is 0.939 bits per heavy atom. The van der Waals surface area contributed by atoms with Gasteiger partial charge in [0.25, 0.3) is 21.8 Å². The number of sulfonamides is 1. The molecule has 0 heterocycles. The molecular weight excluding hydrogens is 449 g/mol. The van der Waals surface area contributed by atoms with E-state index in [1.165, 1.54) is 49.4 Å². The van der Waals surface area contributed by atoms with Crippen molar-refractivity contribution in [1.82, 2.24) is 10.9 Å². The van der Waals surface area contributed by atoms with E-state index in [1.54, 1.807) is 24.3 Å². The molecule has 1 unspecified atom stereocenters. The van der Waals surface area contributed by atoms with Gasteiger partial charge in [0, 0.05) is 11.3 Å². The first-order valence-electron chi connectivity index (χ1n) is 9.86. The largest absolute Gasteiger partial charge is 0.478 e. The summed E-state index contributed by atoms with van der Waals surface area (Å²) in [5.41, 5.74) is 5.64. The molecule has 10 heteroatoms. The average molecular weight is 472 g/mol. The molecule has 3 aromatic carbocycles. The maximum atomic E-state index is 13.7. The van der Waals surface area contributed by atoms with E-state index >= 15 is 0 Å². The highest BCUT2D eigenvalue weighted by molar-refractivity contribution is 7.92. The van der Waals surface area contributed by atoms with Crippen molar-refractivity contribution < 1.29 is 27.1 Å². The SMILES string of the molecule is Cc1cccc(NS(=O)(=O)c2cccc(C(=O)NNC(=O)C(C)Oc3ccccc3F)c2)c1. The Bertz CT molecular complexity index is 1280. The highest BCUT2D eigenvalue weighted by atomic mass is 32.2. The van der Waals surface area contributed by atoms with Crippen LogP contribution in [0.3, 0.4) is 0 Å². The monoisotopic (exact) mass is 471 g/mol. The van der Waals surface area contributed by atoms with Crippen molar-refractivity contribution in [3.05, 3.63) is 89.7 Å². The van der Waals surface area contributed by atoms with Crippen LogP contribution in [0.4, 0.5) is 10.1 Å². The lowest BCUT2D eigenvalue weighted by Crippen LogP contribution is -2.47. The lowest BCUT2D eigenvalue weighted by Gasteiger charge is -2.15. The third-order valence-corrected chi connectivity index (χ3v) is 5.86. The minimum atomic E-state index is -3.94. The van der Waals surface area contributed by atoms with E-state index in [2.05, 4.69) is 15.6 Å². The molecule has 1 atom stereocenters. The third-order valence-electron chi connectivity index (χ3n) is 4.49. The van der Waals surface area contributed by atoms with Crippen LogP contribution in [0.15, 0.2) is 77.7 Å². The number of para-hydroxylation sites is 1. The predicted octanol–water partition coefficient (Wildman–Crippen LogP) is 3.16.